The molecule has 13 heteroatoms. The number of aliphatic hydroxyl groups excluding tert-OH is 2. The van der Waals surface area contributed by atoms with Crippen molar-refractivity contribution in [2.75, 3.05) is 24.2 Å². The van der Waals surface area contributed by atoms with Crippen LogP contribution in [0.15, 0.2) is 23.3 Å². The fraction of sp³-hybridized carbons (Fsp3) is 0.565. The molecular formula is C23H28F2N6O4S. The van der Waals surface area contributed by atoms with Gasteiger partial charge in [-0.2, -0.15) is 0 Å². The molecule has 0 spiro atoms. The number of thioether (sulfide) groups is 1. The first-order valence-electron chi connectivity index (χ1n) is 15.1. The van der Waals surface area contributed by atoms with Gasteiger partial charge in [-0.1, -0.05) is 29.9 Å². The summed E-state index contributed by atoms with van der Waals surface area (Å²) in [4.78, 5) is 8.82. The third-order valence-corrected chi connectivity index (χ3v) is 6.86. The number of benzene rings is 1. The number of rotatable bonds is 10. The van der Waals surface area contributed by atoms with Crippen LogP contribution in [0.4, 0.5) is 14.6 Å². The Morgan fingerprint density at radius 3 is 2.94 bits per heavy atom. The summed E-state index contributed by atoms with van der Waals surface area (Å²) in [5, 5.41) is 41.5. The zero-order valence-electron chi connectivity index (χ0n) is 26.9. The van der Waals surface area contributed by atoms with Crippen molar-refractivity contribution in [1.82, 2.24) is 25.0 Å². The van der Waals surface area contributed by atoms with Gasteiger partial charge in [0.05, 0.1) is 33.5 Å². The molecule has 2 aromatic heterocycles. The first kappa shape index (κ1) is 17.1. The van der Waals surface area contributed by atoms with Crippen molar-refractivity contribution in [3.05, 3.63) is 35.3 Å². The normalized spacial score (nSPS) is 34.7. The minimum Gasteiger partial charge on any atom is -0.394 e. The fourth-order valence-electron chi connectivity index (χ4n) is 3.99. The Morgan fingerprint density at radius 2 is 2.17 bits per heavy atom. The first-order chi connectivity index (χ1) is 20.4. The number of aromatic nitrogens is 5. The third-order valence-electron chi connectivity index (χ3n) is 5.80. The Labute approximate surface area is 221 Å². The van der Waals surface area contributed by atoms with Gasteiger partial charge in [0.25, 0.3) is 0 Å². The number of hydrogen-bond donors (Lipinski definition) is 4. The van der Waals surface area contributed by atoms with E-state index in [2.05, 4.69) is 25.6 Å². The first-order valence-corrected chi connectivity index (χ1v) is 12.1. The number of nitrogens with zero attached hydrogens (tertiary/aromatic N) is 5. The monoisotopic (exact) mass is 530 g/mol. The molecule has 10 nitrogen and oxygen atoms in total. The SMILES string of the molecule is [2H]c1c([2H])c(C2C([2H])([2H])[C@]2([2H])Nc2nc(SCCC)nc3c2nnn3[C@@H]2C[C@H](OCC([2H])([2H])O)[C@@H](O)[C@H]2O)c([2H])c(F)c1F. The summed E-state index contributed by atoms with van der Waals surface area (Å²) >= 11 is 1.20. The summed E-state index contributed by atoms with van der Waals surface area (Å²) in [5.41, 5.74) is -0.724. The summed E-state index contributed by atoms with van der Waals surface area (Å²) in [5.74, 6) is -4.77. The highest BCUT2D eigenvalue weighted by atomic mass is 32.2. The van der Waals surface area contributed by atoms with Gasteiger partial charge >= 0.3 is 0 Å². The van der Waals surface area contributed by atoms with Crippen molar-refractivity contribution < 1.29 is 39.8 Å². The Morgan fingerprint density at radius 1 is 1.33 bits per heavy atom. The number of nitrogens with one attached hydrogen (secondary N) is 1. The molecule has 1 aromatic carbocycles. The van der Waals surface area contributed by atoms with Crippen LogP contribution in [-0.4, -0.2) is 83.5 Å². The van der Waals surface area contributed by atoms with Gasteiger partial charge < -0.3 is 25.4 Å². The maximum Gasteiger partial charge on any atom is 0.191 e. The smallest absolute Gasteiger partial charge is 0.191 e. The Bertz CT molecular complexity index is 1570. The molecule has 5 rings (SSSR count). The van der Waals surface area contributed by atoms with E-state index in [4.69, 9.17) is 15.7 Å². The molecule has 0 radical (unpaired) electrons. The van der Waals surface area contributed by atoms with Crippen LogP contribution in [0.5, 0.6) is 0 Å². The van der Waals surface area contributed by atoms with Crippen LogP contribution in [0.25, 0.3) is 11.2 Å². The minimum atomic E-state index is -2.68. The van der Waals surface area contributed by atoms with Crippen LogP contribution in [-0.2, 0) is 4.74 Å². The molecule has 2 aliphatic rings. The van der Waals surface area contributed by atoms with E-state index in [0.717, 1.165) is 0 Å². The lowest BCUT2D eigenvalue weighted by Crippen LogP contribution is -2.33. The molecule has 36 heavy (non-hydrogen) atoms. The average molecular weight is 531 g/mol. The van der Waals surface area contributed by atoms with E-state index >= 15 is 0 Å². The molecule has 0 amide bonds. The maximum absolute atomic E-state index is 14.4. The van der Waals surface area contributed by atoms with Crippen LogP contribution in [0.2, 0.25) is 0 Å². The van der Waals surface area contributed by atoms with Crippen molar-refractivity contribution in [3.8, 4) is 0 Å². The quantitative estimate of drug-likeness (QED) is 0.227. The molecule has 0 aliphatic heterocycles. The van der Waals surface area contributed by atoms with Crippen LogP contribution in [0, 0.1) is 11.6 Å². The second kappa shape index (κ2) is 10.5. The lowest BCUT2D eigenvalue weighted by molar-refractivity contribution is -0.0629. The maximum atomic E-state index is 14.4. The van der Waals surface area contributed by atoms with Gasteiger partial charge in [-0.25, -0.2) is 23.4 Å². The van der Waals surface area contributed by atoms with Gasteiger partial charge in [0.2, 0.25) is 0 Å². The second-order valence-corrected chi connectivity index (χ2v) is 9.30. The molecule has 2 saturated carbocycles. The Kier molecular flexibility index (Phi) is 5.00. The van der Waals surface area contributed by atoms with Gasteiger partial charge in [-0.05, 0) is 30.4 Å². The van der Waals surface area contributed by atoms with Crippen LogP contribution in [0.3, 0.4) is 0 Å². The zero-order valence-corrected chi connectivity index (χ0v) is 19.7. The van der Waals surface area contributed by atoms with E-state index in [-0.39, 0.29) is 28.6 Å². The molecule has 2 aliphatic carbocycles. The van der Waals surface area contributed by atoms with Crippen molar-refractivity contribution in [3.63, 3.8) is 0 Å². The summed E-state index contributed by atoms with van der Waals surface area (Å²) in [6.45, 7) is -1.54. The van der Waals surface area contributed by atoms with Crippen molar-refractivity contribution in [1.29, 1.82) is 0 Å². The van der Waals surface area contributed by atoms with E-state index in [0.29, 0.717) is 12.2 Å². The molecule has 194 valence electrons. The average Bonchev–Trinajstić information content (AvgIpc) is 3.27. The molecule has 2 heterocycles. The Hall–Kier alpha value is -2.45. The van der Waals surface area contributed by atoms with Gasteiger partial charge in [-0.15, -0.1) is 5.10 Å². The van der Waals surface area contributed by atoms with Crippen LogP contribution < -0.4 is 5.32 Å². The van der Waals surface area contributed by atoms with Crippen LogP contribution >= 0.6 is 11.8 Å². The predicted molar refractivity (Wildman–Crippen MR) is 128 cm³/mol. The van der Waals surface area contributed by atoms with Gasteiger partial charge in [0.1, 0.15) is 12.2 Å². The molecule has 0 bridgehead atoms. The number of hydrogen-bond acceptors (Lipinski definition) is 10. The van der Waals surface area contributed by atoms with Crippen LogP contribution in [0.1, 0.15) is 54.6 Å². The van der Waals surface area contributed by atoms with Gasteiger partial charge in [0.15, 0.2) is 33.8 Å². The summed E-state index contributed by atoms with van der Waals surface area (Å²) in [6.07, 6.45) is -5.96. The highest BCUT2D eigenvalue weighted by molar-refractivity contribution is 7.99. The van der Waals surface area contributed by atoms with E-state index in [9.17, 15) is 24.1 Å². The third kappa shape index (κ3) is 4.90. The van der Waals surface area contributed by atoms with Crippen molar-refractivity contribution in [2.45, 2.75) is 67.6 Å². The van der Waals surface area contributed by atoms with Crippen molar-refractivity contribution >= 4 is 28.7 Å². The fourth-order valence-corrected chi connectivity index (χ4v) is 4.68. The highest BCUT2D eigenvalue weighted by Gasteiger charge is 2.45. The standard InChI is InChI=1S/C23H28F2N6O4S/c1-2-7-36-23-27-21(26-15-9-12(15)11-3-4-13(24)14(25)8-11)18-22(28-23)31(30-29-18)16-10-17(35-6-5-32)20(34)19(16)33/h3-4,8,12,15-17,19-20,32-34H,2,5-7,9-10H2,1H3,(H,26,27,28)/t12?,15-,16+,17-,19-,20+/m0/s1/i3D,4D,5D2,8D,9D2,15D. The number of halogens is 2. The topological polar surface area (TPSA) is 138 Å². The molecular weight excluding hydrogens is 494 g/mol. The van der Waals surface area contributed by atoms with E-state index in [1.54, 1.807) is 0 Å². The molecule has 4 N–H and O–H groups in total. The van der Waals surface area contributed by atoms with E-state index in [1.807, 2.05) is 6.92 Å². The molecule has 1 unspecified atom stereocenters. The summed E-state index contributed by atoms with van der Waals surface area (Å²) < 4.78 is 98.9. The van der Waals surface area contributed by atoms with Gasteiger partial charge in [0, 0.05) is 26.9 Å². The Balaban J connectivity index is 1.54. The van der Waals surface area contributed by atoms with Crippen molar-refractivity contribution in [2.24, 2.45) is 0 Å². The highest BCUT2D eigenvalue weighted by Crippen LogP contribution is 2.44. The summed E-state index contributed by atoms with van der Waals surface area (Å²) in [7, 11) is 0. The molecule has 3 aromatic rings. The predicted octanol–water partition coefficient (Wildman–Crippen LogP) is 2.01. The minimum absolute atomic E-state index is 0.0143. The molecule has 0 saturated heterocycles. The zero-order chi connectivity index (χ0) is 32.5. The summed E-state index contributed by atoms with van der Waals surface area (Å²) in [6, 6.07) is -6.59. The van der Waals surface area contributed by atoms with Gasteiger partial charge in [-0.3, -0.25) is 0 Å². The molecule has 6 atom stereocenters. The number of ether oxygens (including phenoxy) is 1. The van der Waals surface area contributed by atoms with E-state index in [1.165, 1.54) is 16.4 Å². The molecule has 2 fully saturated rings. The second-order valence-electron chi connectivity index (χ2n) is 8.23. The number of anilines is 1. The lowest BCUT2D eigenvalue weighted by atomic mass is 10.1. The van der Waals surface area contributed by atoms with E-state index < -0.39 is 91.2 Å². The lowest BCUT2D eigenvalue weighted by Gasteiger charge is -2.17. The largest absolute Gasteiger partial charge is 0.394 e. The number of fused-ring (bicyclic) bond motifs is 1. The number of aliphatic hydroxyl groups is 3.